The third-order valence-electron chi connectivity index (χ3n) is 2.23. The summed E-state index contributed by atoms with van der Waals surface area (Å²) in [5, 5.41) is 10.8. The first-order valence-electron chi connectivity index (χ1n) is 4.68. The molecule has 15 heavy (non-hydrogen) atoms. The van der Waals surface area contributed by atoms with E-state index in [1.165, 1.54) is 0 Å². The third-order valence-corrected chi connectivity index (χ3v) is 3.05. The molecule has 0 saturated heterocycles. The molecule has 0 aromatic carbocycles. The zero-order chi connectivity index (χ0) is 10.8. The number of aromatic nitrogens is 4. The lowest BCUT2D eigenvalue weighted by Gasteiger charge is -2.08. The summed E-state index contributed by atoms with van der Waals surface area (Å²) in [6.07, 6.45) is 2.43. The molecular formula is C9H13N5S. The molecule has 0 bridgehead atoms. The number of nitrogens with two attached hydrogens (primary N) is 1. The zero-order valence-electron chi connectivity index (χ0n) is 8.71. The highest BCUT2D eigenvalue weighted by molar-refractivity contribution is 7.09. The molecule has 2 N–H and O–H groups in total. The largest absolute Gasteiger partial charge is 0.322 e. The average Bonchev–Trinajstić information content (AvgIpc) is 2.75. The van der Waals surface area contributed by atoms with Crippen LogP contribution in [-0.4, -0.2) is 20.0 Å². The first-order valence-corrected chi connectivity index (χ1v) is 5.56. The van der Waals surface area contributed by atoms with Crippen molar-refractivity contribution in [2.45, 2.75) is 19.4 Å². The highest BCUT2D eigenvalue weighted by Crippen LogP contribution is 2.16. The lowest BCUT2D eigenvalue weighted by Crippen LogP contribution is -2.17. The van der Waals surface area contributed by atoms with E-state index in [2.05, 4.69) is 15.3 Å². The molecule has 5 nitrogen and oxygen atoms in total. The molecule has 6 heteroatoms. The SMILES string of the molecule is Cc1nc(CC(N)c2cnnn2C)cs1. The minimum atomic E-state index is -0.0912. The van der Waals surface area contributed by atoms with Crippen LogP contribution in [0.1, 0.15) is 22.4 Å². The predicted octanol–water partition coefficient (Wildman–Crippen LogP) is 0.823. The van der Waals surface area contributed by atoms with Crippen molar-refractivity contribution in [3.63, 3.8) is 0 Å². The second-order valence-electron chi connectivity index (χ2n) is 3.45. The van der Waals surface area contributed by atoms with Crippen molar-refractivity contribution in [2.24, 2.45) is 12.8 Å². The molecule has 80 valence electrons. The summed E-state index contributed by atoms with van der Waals surface area (Å²) in [7, 11) is 1.84. The Morgan fingerprint density at radius 1 is 1.60 bits per heavy atom. The van der Waals surface area contributed by atoms with Crippen LogP contribution < -0.4 is 5.73 Å². The Labute approximate surface area is 91.9 Å². The molecule has 1 unspecified atom stereocenters. The Bertz CT molecular complexity index is 447. The molecule has 1 atom stereocenters. The van der Waals surface area contributed by atoms with Gasteiger partial charge in [0, 0.05) is 18.8 Å². The zero-order valence-corrected chi connectivity index (χ0v) is 9.53. The fraction of sp³-hybridized carbons (Fsp3) is 0.444. The second-order valence-corrected chi connectivity index (χ2v) is 4.51. The van der Waals surface area contributed by atoms with Gasteiger partial charge in [-0.05, 0) is 6.92 Å². The van der Waals surface area contributed by atoms with E-state index in [4.69, 9.17) is 5.73 Å². The number of hydrogen-bond donors (Lipinski definition) is 1. The van der Waals surface area contributed by atoms with Crippen molar-refractivity contribution in [3.05, 3.63) is 28.0 Å². The maximum Gasteiger partial charge on any atom is 0.0897 e. The van der Waals surface area contributed by atoms with Crippen molar-refractivity contribution in [3.8, 4) is 0 Å². The van der Waals surface area contributed by atoms with E-state index in [9.17, 15) is 0 Å². The maximum atomic E-state index is 6.05. The molecule has 0 aliphatic rings. The van der Waals surface area contributed by atoms with Crippen LogP contribution in [0.3, 0.4) is 0 Å². The molecule has 0 aliphatic carbocycles. The number of aryl methyl sites for hydroxylation is 2. The van der Waals surface area contributed by atoms with Gasteiger partial charge in [-0.3, -0.25) is 4.68 Å². The van der Waals surface area contributed by atoms with Gasteiger partial charge >= 0.3 is 0 Å². The standard InChI is InChI=1S/C9H13N5S/c1-6-12-7(5-15-6)3-8(10)9-4-11-13-14(9)2/h4-5,8H,3,10H2,1-2H3. The summed E-state index contributed by atoms with van der Waals surface area (Å²) in [5.41, 5.74) is 8.01. The van der Waals surface area contributed by atoms with E-state index in [1.54, 1.807) is 22.2 Å². The number of hydrogen-bond acceptors (Lipinski definition) is 5. The topological polar surface area (TPSA) is 69.6 Å². The Morgan fingerprint density at radius 3 is 2.93 bits per heavy atom. The quantitative estimate of drug-likeness (QED) is 0.836. The van der Waals surface area contributed by atoms with Gasteiger partial charge in [-0.2, -0.15) is 0 Å². The first-order chi connectivity index (χ1) is 7.16. The molecule has 2 aromatic rings. The predicted molar refractivity (Wildman–Crippen MR) is 58.5 cm³/mol. The molecule has 0 saturated carbocycles. The van der Waals surface area contributed by atoms with Gasteiger partial charge in [0.25, 0.3) is 0 Å². The molecule has 0 aliphatic heterocycles. The maximum absolute atomic E-state index is 6.05. The Morgan fingerprint density at radius 2 is 2.40 bits per heavy atom. The smallest absolute Gasteiger partial charge is 0.0897 e. The van der Waals surface area contributed by atoms with E-state index < -0.39 is 0 Å². The molecule has 0 amide bonds. The molecular weight excluding hydrogens is 210 g/mol. The third kappa shape index (κ3) is 2.21. The van der Waals surface area contributed by atoms with Crippen LogP contribution >= 0.6 is 11.3 Å². The van der Waals surface area contributed by atoms with Crippen molar-refractivity contribution < 1.29 is 0 Å². The van der Waals surface area contributed by atoms with Crippen LogP contribution in [-0.2, 0) is 13.5 Å². The lowest BCUT2D eigenvalue weighted by molar-refractivity contribution is 0.602. The van der Waals surface area contributed by atoms with Crippen LogP contribution in [0.5, 0.6) is 0 Å². The van der Waals surface area contributed by atoms with Crippen molar-refractivity contribution in [2.75, 3.05) is 0 Å². The average molecular weight is 223 g/mol. The van der Waals surface area contributed by atoms with E-state index in [0.29, 0.717) is 0 Å². The monoisotopic (exact) mass is 223 g/mol. The highest BCUT2D eigenvalue weighted by atomic mass is 32.1. The summed E-state index contributed by atoms with van der Waals surface area (Å²) in [6.45, 7) is 1.99. The van der Waals surface area contributed by atoms with Gasteiger partial charge in [-0.15, -0.1) is 16.4 Å². The fourth-order valence-electron chi connectivity index (χ4n) is 1.47. The normalized spacial score (nSPS) is 13.0. The van der Waals surface area contributed by atoms with E-state index in [1.807, 2.05) is 19.4 Å². The number of thiazole rings is 1. The van der Waals surface area contributed by atoms with Crippen molar-refractivity contribution in [1.29, 1.82) is 0 Å². The van der Waals surface area contributed by atoms with Gasteiger partial charge < -0.3 is 5.73 Å². The van der Waals surface area contributed by atoms with Crippen LogP contribution in [0.15, 0.2) is 11.6 Å². The van der Waals surface area contributed by atoms with Crippen LogP contribution in [0.4, 0.5) is 0 Å². The summed E-state index contributed by atoms with van der Waals surface area (Å²) in [4.78, 5) is 4.38. The van der Waals surface area contributed by atoms with Crippen molar-refractivity contribution >= 4 is 11.3 Å². The molecule has 2 aromatic heterocycles. The molecule has 0 spiro atoms. The molecule has 0 fully saturated rings. The van der Waals surface area contributed by atoms with Gasteiger partial charge in [-0.25, -0.2) is 4.98 Å². The lowest BCUT2D eigenvalue weighted by atomic mass is 10.1. The molecule has 2 rings (SSSR count). The van der Waals surface area contributed by atoms with Crippen LogP contribution in [0.2, 0.25) is 0 Å². The van der Waals surface area contributed by atoms with Gasteiger partial charge in [0.05, 0.1) is 28.6 Å². The van der Waals surface area contributed by atoms with Gasteiger partial charge in [0.1, 0.15) is 0 Å². The number of rotatable bonds is 3. The highest BCUT2D eigenvalue weighted by Gasteiger charge is 2.12. The van der Waals surface area contributed by atoms with E-state index in [0.717, 1.165) is 22.8 Å². The summed E-state index contributed by atoms with van der Waals surface area (Å²) < 4.78 is 1.70. The summed E-state index contributed by atoms with van der Waals surface area (Å²) in [5.74, 6) is 0. The van der Waals surface area contributed by atoms with E-state index in [-0.39, 0.29) is 6.04 Å². The van der Waals surface area contributed by atoms with Gasteiger partial charge in [-0.1, -0.05) is 5.21 Å². The second kappa shape index (κ2) is 4.08. The van der Waals surface area contributed by atoms with Crippen LogP contribution in [0.25, 0.3) is 0 Å². The minimum Gasteiger partial charge on any atom is -0.322 e. The van der Waals surface area contributed by atoms with Gasteiger partial charge in [0.2, 0.25) is 0 Å². The minimum absolute atomic E-state index is 0.0912. The molecule has 2 heterocycles. The molecule has 0 radical (unpaired) electrons. The van der Waals surface area contributed by atoms with Crippen molar-refractivity contribution in [1.82, 2.24) is 20.0 Å². The Hall–Kier alpha value is -1.27. The van der Waals surface area contributed by atoms with Crippen LogP contribution in [0, 0.1) is 6.92 Å². The Balaban J connectivity index is 2.10. The van der Waals surface area contributed by atoms with E-state index >= 15 is 0 Å². The summed E-state index contributed by atoms with van der Waals surface area (Å²) in [6, 6.07) is -0.0912. The number of nitrogens with zero attached hydrogens (tertiary/aromatic N) is 4. The van der Waals surface area contributed by atoms with Gasteiger partial charge in [0.15, 0.2) is 0 Å². The summed E-state index contributed by atoms with van der Waals surface area (Å²) >= 11 is 1.64. The first kappa shape index (κ1) is 10.3. The Kier molecular flexibility index (Phi) is 2.79. The fourth-order valence-corrected chi connectivity index (χ4v) is 2.09.